The molecule has 1 aliphatic heterocycles. The van der Waals surface area contributed by atoms with E-state index in [2.05, 4.69) is 6.07 Å². The number of hydrogen-bond acceptors (Lipinski definition) is 5. The lowest BCUT2D eigenvalue weighted by Gasteiger charge is -2.13. The molecule has 3 aromatic carbocycles. The second-order valence-corrected chi connectivity index (χ2v) is 8.36. The largest absolute Gasteiger partial charge is 0.488 e. The van der Waals surface area contributed by atoms with Crippen molar-refractivity contribution in [3.05, 3.63) is 105 Å². The van der Waals surface area contributed by atoms with Crippen LogP contribution in [0.3, 0.4) is 0 Å². The van der Waals surface area contributed by atoms with Crippen LogP contribution < -0.4 is 4.74 Å². The van der Waals surface area contributed by atoms with Gasteiger partial charge in [-0.1, -0.05) is 66.2 Å². The van der Waals surface area contributed by atoms with Crippen LogP contribution in [0.5, 0.6) is 5.75 Å². The van der Waals surface area contributed by atoms with Gasteiger partial charge in [0.25, 0.3) is 11.1 Å². The molecular formula is C25H17ClN2O3S. The molecule has 0 aromatic heterocycles. The van der Waals surface area contributed by atoms with Gasteiger partial charge in [-0.3, -0.25) is 14.5 Å². The Morgan fingerprint density at radius 2 is 1.66 bits per heavy atom. The Morgan fingerprint density at radius 1 is 0.969 bits per heavy atom. The number of nitrogens with zero attached hydrogens (tertiary/aromatic N) is 2. The van der Waals surface area contributed by atoms with E-state index in [0.717, 1.165) is 22.2 Å². The van der Waals surface area contributed by atoms with Crippen molar-refractivity contribution >= 4 is 40.6 Å². The number of nitriles is 1. The van der Waals surface area contributed by atoms with E-state index in [1.165, 1.54) is 0 Å². The van der Waals surface area contributed by atoms with Crippen LogP contribution in [0.1, 0.15) is 22.3 Å². The third kappa shape index (κ3) is 4.70. The normalized spacial score (nSPS) is 14.6. The molecule has 1 saturated heterocycles. The predicted molar refractivity (Wildman–Crippen MR) is 125 cm³/mol. The number of carbonyl (C=O) groups excluding carboxylic acids is 2. The Labute approximate surface area is 194 Å². The van der Waals surface area contributed by atoms with Crippen molar-refractivity contribution in [2.75, 3.05) is 0 Å². The first-order valence-corrected chi connectivity index (χ1v) is 10.9. The summed E-state index contributed by atoms with van der Waals surface area (Å²) < 4.78 is 5.95. The predicted octanol–water partition coefficient (Wildman–Crippen LogP) is 6.03. The molecule has 1 heterocycles. The summed E-state index contributed by atoms with van der Waals surface area (Å²) in [4.78, 5) is 26.9. The summed E-state index contributed by atoms with van der Waals surface area (Å²) >= 11 is 7.08. The molecular weight excluding hydrogens is 444 g/mol. The van der Waals surface area contributed by atoms with Crippen molar-refractivity contribution in [3.63, 3.8) is 0 Å². The number of carbonyl (C=O) groups is 2. The average molecular weight is 461 g/mol. The van der Waals surface area contributed by atoms with Gasteiger partial charge in [0.15, 0.2) is 0 Å². The highest BCUT2D eigenvalue weighted by Crippen LogP contribution is 2.35. The maximum atomic E-state index is 12.9. The summed E-state index contributed by atoms with van der Waals surface area (Å²) in [6.07, 6.45) is 1.66. The summed E-state index contributed by atoms with van der Waals surface area (Å²) in [5, 5.41) is 9.52. The Morgan fingerprint density at radius 3 is 2.44 bits per heavy atom. The fraction of sp³-hybridized carbons (Fsp3) is 0.0800. The fourth-order valence-electron chi connectivity index (χ4n) is 3.22. The van der Waals surface area contributed by atoms with Gasteiger partial charge < -0.3 is 4.74 Å². The molecule has 0 unspecified atom stereocenters. The molecule has 0 atom stereocenters. The Bertz CT molecular complexity index is 1270. The lowest BCUT2D eigenvalue weighted by molar-refractivity contribution is -0.123. The Balaban J connectivity index is 1.54. The van der Waals surface area contributed by atoms with Crippen molar-refractivity contribution in [3.8, 4) is 11.8 Å². The minimum absolute atomic E-state index is 0.0520. The second-order valence-electron chi connectivity index (χ2n) is 6.95. The topological polar surface area (TPSA) is 70.4 Å². The van der Waals surface area contributed by atoms with Crippen LogP contribution in [0.2, 0.25) is 5.02 Å². The molecule has 0 aliphatic carbocycles. The number of hydrogen-bond donors (Lipinski definition) is 0. The molecule has 0 N–H and O–H groups in total. The van der Waals surface area contributed by atoms with Gasteiger partial charge in [-0.05, 0) is 41.6 Å². The van der Waals surface area contributed by atoms with Crippen LogP contribution in [0.15, 0.2) is 77.7 Å². The lowest BCUT2D eigenvalue weighted by Crippen LogP contribution is -2.27. The summed E-state index contributed by atoms with van der Waals surface area (Å²) in [6.45, 7) is 0.327. The highest BCUT2D eigenvalue weighted by molar-refractivity contribution is 8.18. The van der Waals surface area contributed by atoms with Crippen LogP contribution in [0.25, 0.3) is 6.08 Å². The average Bonchev–Trinajstić information content (AvgIpc) is 3.07. The van der Waals surface area contributed by atoms with E-state index in [-0.39, 0.29) is 18.4 Å². The van der Waals surface area contributed by atoms with E-state index >= 15 is 0 Å². The van der Waals surface area contributed by atoms with E-state index in [0.29, 0.717) is 32.4 Å². The smallest absolute Gasteiger partial charge is 0.293 e. The number of halogens is 1. The Kier molecular flexibility index (Phi) is 6.60. The van der Waals surface area contributed by atoms with Gasteiger partial charge >= 0.3 is 0 Å². The molecule has 32 heavy (non-hydrogen) atoms. The molecule has 4 rings (SSSR count). The van der Waals surface area contributed by atoms with E-state index < -0.39 is 5.91 Å². The number of rotatable bonds is 6. The van der Waals surface area contributed by atoms with Crippen LogP contribution in [0, 0.1) is 11.3 Å². The SMILES string of the molecule is N#Cc1ccccc1CN1C(=O)S/C(=C/c2ccccc2OCc2ccccc2Cl)C1=O. The van der Waals surface area contributed by atoms with E-state index in [1.54, 1.807) is 42.5 Å². The zero-order valence-corrected chi connectivity index (χ0v) is 18.4. The first kappa shape index (κ1) is 21.7. The van der Waals surface area contributed by atoms with E-state index in [4.69, 9.17) is 16.3 Å². The Hall–Kier alpha value is -3.53. The molecule has 7 heteroatoms. The van der Waals surface area contributed by atoms with Crippen LogP contribution in [-0.4, -0.2) is 16.0 Å². The first-order valence-electron chi connectivity index (χ1n) is 9.75. The molecule has 1 fully saturated rings. The summed E-state index contributed by atoms with van der Waals surface area (Å²) in [5.74, 6) is 0.183. The van der Waals surface area contributed by atoms with Crippen molar-refractivity contribution in [2.24, 2.45) is 0 Å². The molecule has 158 valence electrons. The molecule has 0 saturated carbocycles. The maximum Gasteiger partial charge on any atom is 0.293 e. The molecule has 0 radical (unpaired) electrons. The number of imide groups is 1. The van der Waals surface area contributed by atoms with Crippen LogP contribution >= 0.6 is 23.4 Å². The second kappa shape index (κ2) is 9.73. The van der Waals surface area contributed by atoms with Crippen molar-refractivity contribution in [2.45, 2.75) is 13.2 Å². The number of ether oxygens (including phenoxy) is 1. The maximum absolute atomic E-state index is 12.9. The lowest BCUT2D eigenvalue weighted by atomic mass is 10.1. The van der Waals surface area contributed by atoms with Crippen LogP contribution in [0.4, 0.5) is 4.79 Å². The molecule has 2 amide bonds. The van der Waals surface area contributed by atoms with Crippen molar-refractivity contribution in [1.82, 2.24) is 4.90 Å². The number of para-hydroxylation sites is 1. The minimum Gasteiger partial charge on any atom is -0.488 e. The first-order chi connectivity index (χ1) is 15.6. The van der Waals surface area contributed by atoms with Crippen molar-refractivity contribution < 1.29 is 14.3 Å². The molecule has 0 spiro atoms. The third-order valence-corrected chi connectivity index (χ3v) is 6.16. The van der Waals surface area contributed by atoms with Gasteiger partial charge in [-0.2, -0.15) is 5.26 Å². The van der Waals surface area contributed by atoms with Crippen molar-refractivity contribution in [1.29, 1.82) is 5.26 Å². The fourth-order valence-corrected chi connectivity index (χ4v) is 4.24. The number of benzene rings is 3. The summed E-state index contributed by atoms with van der Waals surface area (Å²) in [5.41, 5.74) is 2.60. The third-order valence-electron chi connectivity index (χ3n) is 4.89. The van der Waals surface area contributed by atoms with E-state index in [9.17, 15) is 14.9 Å². The van der Waals surface area contributed by atoms with Gasteiger partial charge in [0.1, 0.15) is 12.4 Å². The van der Waals surface area contributed by atoms with Gasteiger partial charge in [0.05, 0.1) is 23.1 Å². The zero-order valence-electron chi connectivity index (χ0n) is 16.8. The zero-order chi connectivity index (χ0) is 22.5. The molecule has 3 aromatic rings. The molecule has 1 aliphatic rings. The van der Waals surface area contributed by atoms with Gasteiger partial charge in [-0.15, -0.1) is 0 Å². The van der Waals surface area contributed by atoms with Crippen LogP contribution in [-0.2, 0) is 17.9 Å². The van der Waals surface area contributed by atoms with E-state index in [1.807, 2.05) is 36.4 Å². The highest BCUT2D eigenvalue weighted by Gasteiger charge is 2.35. The van der Waals surface area contributed by atoms with Gasteiger partial charge in [0.2, 0.25) is 0 Å². The number of thioether (sulfide) groups is 1. The highest BCUT2D eigenvalue weighted by atomic mass is 35.5. The standard InChI is InChI=1S/C25H17ClN2O3S/c26-21-11-5-3-10-20(21)16-31-22-12-6-4-7-17(22)13-23-24(29)28(25(30)32-23)15-19-9-2-1-8-18(19)14-27/h1-13H,15-16H2/b23-13+. The quantitative estimate of drug-likeness (QED) is 0.420. The summed E-state index contributed by atoms with van der Waals surface area (Å²) in [6, 6.07) is 23.7. The van der Waals surface area contributed by atoms with Gasteiger partial charge in [-0.25, -0.2) is 0 Å². The molecule has 5 nitrogen and oxygen atoms in total. The summed E-state index contributed by atoms with van der Waals surface area (Å²) in [7, 11) is 0. The minimum atomic E-state index is -0.395. The molecule has 0 bridgehead atoms. The number of amides is 2. The van der Waals surface area contributed by atoms with Gasteiger partial charge in [0, 0.05) is 16.1 Å². The monoisotopic (exact) mass is 460 g/mol.